The zero-order chi connectivity index (χ0) is 13.7. The van der Waals surface area contributed by atoms with Crippen LogP contribution in [0.3, 0.4) is 0 Å². The van der Waals surface area contributed by atoms with E-state index in [0.29, 0.717) is 24.7 Å². The Kier molecular flexibility index (Phi) is 5.24. The SMILES string of the molecule is OCCN(Cc1cc(F)cc(F)c1)CC1CCCN1. The Hall–Kier alpha value is -1.04. The highest BCUT2D eigenvalue weighted by atomic mass is 19.1. The summed E-state index contributed by atoms with van der Waals surface area (Å²) in [6.45, 7) is 2.82. The number of hydrogen-bond acceptors (Lipinski definition) is 3. The Labute approximate surface area is 112 Å². The van der Waals surface area contributed by atoms with Crippen LogP contribution in [0.2, 0.25) is 0 Å². The topological polar surface area (TPSA) is 35.5 Å². The molecule has 0 amide bonds. The third-order valence-corrected chi connectivity index (χ3v) is 3.39. The molecule has 2 N–H and O–H groups in total. The number of hydrogen-bond donors (Lipinski definition) is 2. The molecule has 1 atom stereocenters. The molecule has 5 heteroatoms. The number of rotatable bonds is 6. The van der Waals surface area contributed by atoms with E-state index >= 15 is 0 Å². The van der Waals surface area contributed by atoms with Gasteiger partial charge in [-0.1, -0.05) is 0 Å². The van der Waals surface area contributed by atoms with Gasteiger partial charge in [-0.2, -0.15) is 0 Å². The molecule has 0 saturated carbocycles. The van der Waals surface area contributed by atoms with Crippen LogP contribution in [-0.4, -0.2) is 42.3 Å². The fourth-order valence-corrected chi connectivity index (χ4v) is 2.56. The molecule has 0 spiro atoms. The van der Waals surface area contributed by atoms with Gasteiger partial charge in [-0.3, -0.25) is 4.90 Å². The van der Waals surface area contributed by atoms with Crippen LogP contribution in [0.1, 0.15) is 18.4 Å². The highest BCUT2D eigenvalue weighted by molar-refractivity contribution is 5.17. The standard InChI is InChI=1S/C14H20F2N2O/c15-12-6-11(7-13(16)8-12)9-18(4-5-19)10-14-2-1-3-17-14/h6-8,14,17,19H,1-5,9-10H2. The summed E-state index contributed by atoms with van der Waals surface area (Å²) in [7, 11) is 0. The van der Waals surface area contributed by atoms with E-state index in [-0.39, 0.29) is 6.61 Å². The lowest BCUT2D eigenvalue weighted by atomic mass is 10.1. The first-order valence-electron chi connectivity index (χ1n) is 6.69. The Morgan fingerprint density at radius 1 is 1.26 bits per heavy atom. The van der Waals surface area contributed by atoms with E-state index in [1.165, 1.54) is 12.1 Å². The van der Waals surface area contributed by atoms with Crippen molar-refractivity contribution < 1.29 is 13.9 Å². The van der Waals surface area contributed by atoms with Gasteiger partial charge in [0.1, 0.15) is 11.6 Å². The van der Waals surface area contributed by atoms with E-state index in [4.69, 9.17) is 5.11 Å². The Balaban J connectivity index is 1.98. The highest BCUT2D eigenvalue weighted by Crippen LogP contribution is 2.13. The zero-order valence-corrected chi connectivity index (χ0v) is 10.9. The quantitative estimate of drug-likeness (QED) is 0.822. The first-order chi connectivity index (χ1) is 9.17. The molecular formula is C14H20F2N2O. The molecule has 1 aliphatic heterocycles. The molecule has 1 unspecified atom stereocenters. The second kappa shape index (κ2) is 6.93. The summed E-state index contributed by atoms with van der Waals surface area (Å²) in [5.41, 5.74) is 0.601. The van der Waals surface area contributed by atoms with Gasteiger partial charge in [0.25, 0.3) is 0 Å². The molecular weight excluding hydrogens is 250 g/mol. The van der Waals surface area contributed by atoms with Gasteiger partial charge in [0, 0.05) is 31.7 Å². The molecule has 1 saturated heterocycles. The molecule has 1 aromatic rings. The van der Waals surface area contributed by atoms with Crippen molar-refractivity contribution in [2.24, 2.45) is 0 Å². The summed E-state index contributed by atoms with van der Waals surface area (Å²) in [6, 6.07) is 3.97. The van der Waals surface area contributed by atoms with Crippen LogP contribution in [0.5, 0.6) is 0 Å². The monoisotopic (exact) mass is 270 g/mol. The van der Waals surface area contributed by atoms with E-state index in [1.807, 2.05) is 4.90 Å². The van der Waals surface area contributed by atoms with Crippen LogP contribution in [0, 0.1) is 11.6 Å². The van der Waals surface area contributed by atoms with Crippen molar-refractivity contribution in [2.75, 3.05) is 26.2 Å². The van der Waals surface area contributed by atoms with E-state index < -0.39 is 11.6 Å². The number of benzene rings is 1. The molecule has 1 fully saturated rings. The first kappa shape index (κ1) is 14.4. The van der Waals surface area contributed by atoms with Crippen molar-refractivity contribution in [1.29, 1.82) is 0 Å². The van der Waals surface area contributed by atoms with E-state index in [0.717, 1.165) is 32.0 Å². The van der Waals surface area contributed by atoms with E-state index in [9.17, 15) is 8.78 Å². The van der Waals surface area contributed by atoms with Gasteiger partial charge >= 0.3 is 0 Å². The average molecular weight is 270 g/mol. The second-order valence-electron chi connectivity index (χ2n) is 5.03. The van der Waals surface area contributed by atoms with Crippen LogP contribution in [-0.2, 0) is 6.54 Å². The summed E-state index contributed by atoms with van der Waals surface area (Å²) >= 11 is 0. The van der Waals surface area contributed by atoms with Crippen molar-refractivity contribution in [3.05, 3.63) is 35.4 Å². The lowest BCUT2D eigenvalue weighted by Crippen LogP contribution is -2.38. The van der Waals surface area contributed by atoms with Crippen molar-refractivity contribution in [1.82, 2.24) is 10.2 Å². The van der Waals surface area contributed by atoms with Crippen molar-refractivity contribution in [3.8, 4) is 0 Å². The third-order valence-electron chi connectivity index (χ3n) is 3.39. The summed E-state index contributed by atoms with van der Waals surface area (Å²) < 4.78 is 26.3. The molecule has 0 radical (unpaired) electrons. The summed E-state index contributed by atoms with van der Waals surface area (Å²) in [6.07, 6.45) is 2.27. The fourth-order valence-electron chi connectivity index (χ4n) is 2.56. The molecule has 2 rings (SSSR count). The summed E-state index contributed by atoms with van der Waals surface area (Å²) in [5, 5.41) is 12.5. The van der Waals surface area contributed by atoms with E-state index in [1.54, 1.807) is 0 Å². The van der Waals surface area contributed by atoms with Gasteiger partial charge in [-0.05, 0) is 37.1 Å². The van der Waals surface area contributed by atoms with Gasteiger partial charge in [0.15, 0.2) is 0 Å². The van der Waals surface area contributed by atoms with Crippen molar-refractivity contribution in [3.63, 3.8) is 0 Å². The molecule has 0 aliphatic carbocycles. The zero-order valence-electron chi connectivity index (χ0n) is 10.9. The maximum absolute atomic E-state index is 13.1. The maximum Gasteiger partial charge on any atom is 0.126 e. The van der Waals surface area contributed by atoms with Gasteiger partial charge in [0.05, 0.1) is 6.61 Å². The molecule has 1 aromatic carbocycles. The number of aliphatic hydroxyl groups is 1. The van der Waals surface area contributed by atoms with Gasteiger partial charge in [-0.25, -0.2) is 8.78 Å². The lowest BCUT2D eigenvalue weighted by Gasteiger charge is -2.25. The Bertz CT molecular complexity index is 388. The Morgan fingerprint density at radius 3 is 2.58 bits per heavy atom. The number of aliphatic hydroxyl groups excluding tert-OH is 1. The summed E-state index contributed by atoms with van der Waals surface area (Å²) in [4.78, 5) is 2.02. The van der Waals surface area contributed by atoms with Gasteiger partial charge in [-0.15, -0.1) is 0 Å². The smallest absolute Gasteiger partial charge is 0.126 e. The maximum atomic E-state index is 13.1. The van der Waals surface area contributed by atoms with Gasteiger partial charge < -0.3 is 10.4 Å². The largest absolute Gasteiger partial charge is 0.395 e. The van der Waals surface area contributed by atoms with Crippen molar-refractivity contribution >= 4 is 0 Å². The molecule has 0 aromatic heterocycles. The average Bonchev–Trinajstić information content (AvgIpc) is 2.80. The predicted molar refractivity (Wildman–Crippen MR) is 69.7 cm³/mol. The van der Waals surface area contributed by atoms with Crippen molar-refractivity contribution in [2.45, 2.75) is 25.4 Å². The number of nitrogens with one attached hydrogen (secondary N) is 1. The van der Waals surface area contributed by atoms with Crippen LogP contribution >= 0.6 is 0 Å². The molecule has 0 bridgehead atoms. The van der Waals surface area contributed by atoms with Crippen LogP contribution in [0.25, 0.3) is 0 Å². The molecule has 1 heterocycles. The minimum Gasteiger partial charge on any atom is -0.395 e. The highest BCUT2D eigenvalue weighted by Gasteiger charge is 2.18. The third kappa shape index (κ3) is 4.53. The van der Waals surface area contributed by atoms with Gasteiger partial charge in [0.2, 0.25) is 0 Å². The van der Waals surface area contributed by atoms with Crippen LogP contribution < -0.4 is 5.32 Å². The molecule has 106 valence electrons. The van der Waals surface area contributed by atoms with Crippen LogP contribution in [0.4, 0.5) is 8.78 Å². The summed E-state index contributed by atoms with van der Waals surface area (Å²) in [5.74, 6) is -1.11. The number of nitrogens with zero attached hydrogens (tertiary/aromatic N) is 1. The normalized spacial score (nSPS) is 19.3. The Morgan fingerprint density at radius 2 is 2.00 bits per heavy atom. The fraction of sp³-hybridized carbons (Fsp3) is 0.571. The van der Waals surface area contributed by atoms with Crippen LogP contribution in [0.15, 0.2) is 18.2 Å². The predicted octanol–water partition coefficient (Wildman–Crippen LogP) is 1.51. The lowest BCUT2D eigenvalue weighted by molar-refractivity contribution is 0.179. The second-order valence-corrected chi connectivity index (χ2v) is 5.03. The molecule has 3 nitrogen and oxygen atoms in total. The minimum atomic E-state index is -0.557. The van der Waals surface area contributed by atoms with E-state index in [2.05, 4.69) is 5.32 Å². The molecule has 19 heavy (non-hydrogen) atoms. The minimum absolute atomic E-state index is 0.0461. The number of halogens is 2. The molecule has 1 aliphatic rings. The first-order valence-corrected chi connectivity index (χ1v) is 6.69.